The van der Waals surface area contributed by atoms with Gasteiger partial charge in [-0.3, -0.25) is 4.79 Å². The quantitative estimate of drug-likeness (QED) is 0.563. The van der Waals surface area contributed by atoms with E-state index in [1.54, 1.807) is 30.3 Å². The van der Waals surface area contributed by atoms with Gasteiger partial charge in [0.1, 0.15) is 0 Å². The van der Waals surface area contributed by atoms with Crippen molar-refractivity contribution in [2.24, 2.45) is 0 Å². The Morgan fingerprint density at radius 3 is 2.35 bits per heavy atom. The molecule has 1 heterocycles. The molecular formula is C23H27Cl2N3O3. The second-order valence-electron chi connectivity index (χ2n) is 8.03. The molecule has 1 aliphatic heterocycles. The fourth-order valence-corrected chi connectivity index (χ4v) is 4.32. The normalized spacial score (nSPS) is 15.4. The van der Waals surface area contributed by atoms with Crippen LogP contribution >= 0.6 is 23.2 Å². The van der Waals surface area contributed by atoms with Crippen molar-refractivity contribution in [3.05, 3.63) is 63.6 Å². The summed E-state index contributed by atoms with van der Waals surface area (Å²) in [6, 6.07) is 12.0. The first-order valence-electron chi connectivity index (χ1n) is 10.3. The Hall–Kier alpha value is -2.28. The zero-order valence-corrected chi connectivity index (χ0v) is 19.1. The molecule has 31 heavy (non-hydrogen) atoms. The first kappa shape index (κ1) is 23.4. The lowest BCUT2D eigenvalue weighted by molar-refractivity contribution is 0.0487. The number of hydrogen-bond donors (Lipinski definition) is 3. The number of carbonyl (C=O) groups is 2. The Morgan fingerprint density at radius 2 is 1.74 bits per heavy atom. The Morgan fingerprint density at radius 1 is 1.06 bits per heavy atom. The summed E-state index contributed by atoms with van der Waals surface area (Å²) in [5.41, 5.74) is 1.78. The molecule has 166 valence electrons. The van der Waals surface area contributed by atoms with Crippen LogP contribution < -0.4 is 16.0 Å². The fourth-order valence-electron chi connectivity index (χ4n) is 3.71. The summed E-state index contributed by atoms with van der Waals surface area (Å²) in [7, 11) is 0. The smallest absolute Gasteiger partial charge is 0.319 e. The maximum atomic E-state index is 12.8. The van der Waals surface area contributed by atoms with Crippen molar-refractivity contribution in [3.63, 3.8) is 0 Å². The average Bonchev–Trinajstić information content (AvgIpc) is 2.72. The van der Waals surface area contributed by atoms with E-state index in [0.29, 0.717) is 41.1 Å². The van der Waals surface area contributed by atoms with Crippen LogP contribution in [0.3, 0.4) is 0 Å². The zero-order valence-electron chi connectivity index (χ0n) is 17.6. The van der Waals surface area contributed by atoms with Gasteiger partial charge in [-0.15, -0.1) is 0 Å². The largest absolute Gasteiger partial charge is 0.381 e. The van der Waals surface area contributed by atoms with E-state index >= 15 is 0 Å². The van der Waals surface area contributed by atoms with Gasteiger partial charge in [-0.25, -0.2) is 4.79 Å². The molecule has 3 amide bonds. The summed E-state index contributed by atoms with van der Waals surface area (Å²) in [4.78, 5) is 24.6. The number of hydrogen-bond acceptors (Lipinski definition) is 3. The second-order valence-corrected chi connectivity index (χ2v) is 8.87. The van der Waals surface area contributed by atoms with Gasteiger partial charge in [0.05, 0.1) is 0 Å². The van der Waals surface area contributed by atoms with Crippen LogP contribution in [0.25, 0.3) is 0 Å². The molecule has 0 bridgehead atoms. The first-order valence-corrected chi connectivity index (χ1v) is 11.0. The molecule has 1 fully saturated rings. The number of amides is 3. The van der Waals surface area contributed by atoms with Gasteiger partial charge in [-0.2, -0.15) is 0 Å². The first-order chi connectivity index (χ1) is 14.8. The van der Waals surface area contributed by atoms with Crippen molar-refractivity contribution in [2.75, 3.05) is 25.1 Å². The van der Waals surface area contributed by atoms with E-state index in [2.05, 4.69) is 16.0 Å². The molecular weight excluding hydrogens is 437 g/mol. The van der Waals surface area contributed by atoms with Crippen LogP contribution in [-0.4, -0.2) is 37.7 Å². The van der Waals surface area contributed by atoms with E-state index in [4.69, 9.17) is 27.9 Å². The minimum absolute atomic E-state index is 0.0386. The molecule has 0 atom stereocenters. The maximum absolute atomic E-state index is 12.8. The second kappa shape index (κ2) is 10.4. The van der Waals surface area contributed by atoms with Crippen LogP contribution in [0, 0.1) is 0 Å². The highest BCUT2D eigenvalue weighted by molar-refractivity contribution is 6.35. The molecule has 2 aromatic rings. The topological polar surface area (TPSA) is 79.5 Å². The van der Waals surface area contributed by atoms with Crippen LogP contribution in [0.2, 0.25) is 10.0 Å². The summed E-state index contributed by atoms with van der Waals surface area (Å²) in [6.07, 6.45) is 1.50. The van der Waals surface area contributed by atoms with Gasteiger partial charge >= 0.3 is 6.03 Å². The Balaban J connectivity index is 1.68. The van der Waals surface area contributed by atoms with Crippen molar-refractivity contribution in [3.8, 4) is 0 Å². The van der Waals surface area contributed by atoms with Gasteiger partial charge in [0.25, 0.3) is 5.91 Å². The number of halogens is 2. The van der Waals surface area contributed by atoms with Gasteiger partial charge in [-0.05, 0) is 68.7 Å². The van der Waals surface area contributed by atoms with Crippen LogP contribution in [-0.2, 0) is 10.2 Å². The Kier molecular flexibility index (Phi) is 7.81. The lowest BCUT2D eigenvalue weighted by Crippen LogP contribution is -2.44. The number of benzene rings is 2. The van der Waals surface area contributed by atoms with Crippen LogP contribution in [0.5, 0.6) is 0 Å². The zero-order chi connectivity index (χ0) is 22.4. The minimum Gasteiger partial charge on any atom is -0.381 e. The van der Waals surface area contributed by atoms with E-state index in [9.17, 15) is 9.59 Å². The predicted molar refractivity (Wildman–Crippen MR) is 124 cm³/mol. The molecule has 3 N–H and O–H groups in total. The summed E-state index contributed by atoms with van der Waals surface area (Å²) in [5.74, 6) is -0.186. The maximum Gasteiger partial charge on any atom is 0.319 e. The third-order valence-electron chi connectivity index (χ3n) is 5.36. The van der Waals surface area contributed by atoms with Crippen molar-refractivity contribution in [1.29, 1.82) is 0 Å². The fraction of sp³-hybridized carbons (Fsp3) is 0.391. The monoisotopic (exact) mass is 463 g/mol. The summed E-state index contributed by atoms with van der Waals surface area (Å²) in [5, 5.41) is 9.72. The standard InChI is InChI=1S/C23H27Cl2N3O3/c1-15(2)27-22(30)28-18-6-3-16(4-7-18)21(29)26-14-23(9-11-31-12-10-23)19-8-5-17(24)13-20(19)25/h3-8,13,15H,9-12,14H2,1-2H3,(H,26,29)(H2,27,28,30). The lowest BCUT2D eigenvalue weighted by Gasteiger charge is -2.38. The molecule has 8 heteroatoms. The SMILES string of the molecule is CC(C)NC(=O)Nc1ccc(C(=O)NCC2(c3ccc(Cl)cc3Cl)CCOCC2)cc1. The Labute approximate surface area is 192 Å². The molecule has 1 saturated heterocycles. The molecule has 6 nitrogen and oxygen atoms in total. The summed E-state index contributed by atoms with van der Waals surface area (Å²) < 4.78 is 5.55. The highest BCUT2D eigenvalue weighted by Gasteiger charge is 2.36. The summed E-state index contributed by atoms with van der Waals surface area (Å²) in [6.45, 7) is 5.42. The molecule has 0 unspecified atom stereocenters. The highest BCUT2D eigenvalue weighted by Crippen LogP contribution is 2.39. The molecule has 0 radical (unpaired) electrons. The third-order valence-corrected chi connectivity index (χ3v) is 5.91. The van der Waals surface area contributed by atoms with Crippen molar-refractivity contribution in [2.45, 2.75) is 38.1 Å². The molecule has 1 aliphatic rings. The molecule has 3 rings (SSSR count). The number of rotatable bonds is 6. The van der Waals surface area contributed by atoms with E-state index < -0.39 is 0 Å². The molecule has 0 aromatic heterocycles. The molecule has 0 aliphatic carbocycles. The van der Waals surface area contributed by atoms with Crippen molar-refractivity contribution < 1.29 is 14.3 Å². The molecule has 0 spiro atoms. The van der Waals surface area contributed by atoms with Gasteiger partial charge < -0.3 is 20.7 Å². The van der Waals surface area contributed by atoms with E-state index in [-0.39, 0.29) is 23.4 Å². The van der Waals surface area contributed by atoms with Gasteiger partial charge in [0.2, 0.25) is 0 Å². The van der Waals surface area contributed by atoms with E-state index in [1.807, 2.05) is 26.0 Å². The number of anilines is 1. The minimum atomic E-state index is -0.313. The molecule has 0 saturated carbocycles. The van der Waals surface area contributed by atoms with Crippen molar-refractivity contribution >= 4 is 40.8 Å². The predicted octanol–water partition coefficient (Wildman–Crippen LogP) is 5.00. The number of nitrogens with one attached hydrogen (secondary N) is 3. The van der Waals surface area contributed by atoms with Crippen molar-refractivity contribution in [1.82, 2.24) is 10.6 Å². The third kappa shape index (κ3) is 6.12. The number of carbonyl (C=O) groups excluding carboxylic acids is 2. The van der Waals surface area contributed by atoms with Crippen LogP contribution in [0.1, 0.15) is 42.6 Å². The van der Waals surface area contributed by atoms with Gasteiger partial charge in [0, 0.05) is 52.5 Å². The van der Waals surface area contributed by atoms with Gasteiger partial charge in [0.15, 0.2) is 0 Å². The van der Waals surface area contributed by atoms with E-state index in [1.165, 1.54) is 0 Å². The highest BCUT2D eigenvalue weighted by atomic mass is 35.5. The number of ether oxygens (including phenoxy) is 1. The lowest BCUT2D eigenvalue weighted by atomic mass is 9.74. The van der Waals surface area contributed by atoms with Crippen LogP contribution in [0.15, 0.2) is 42.5 Å². The summed E-state index contributed by atoms with van der Waals surface area (Å²) >= 11 is 12.6. The Bertz CT molecular complexity index is 926. The van der Waals surface area contributed by atoms with Crippen LogP contribution in [0.4, 0.5) is 10.5 Å². The van der Waals surface area contributed by atoms with E-state index in [0.717, 1.165) is 18.4 Å². The van der Waals surface area contributed by atoms with Gasteiger partial charge in [-0.1, -0.05) is 29.3 Å². The average molecular weight is 464 g/mol. The molecule has 2 aromatic carbocycles. The number of urea groups is 1.